The van der Waals surface area contributed by atoms with Crippen molar-refractivity contribution in [3.63, 3.8) is 0 Å². The SMILES string of the molecule is CCn1cc(-c2cc(C(F)(F)F)nc3sc(C(N)=O)c(NC(=O)c4ccc(COc5ccc(Cl)cc5C)o4)c23)c(C)n1. The topological polar surface area (TPSA) is 125 Å². The van der Waals surface area contributed by atoms with Gasteiger partial charge in [0.15, 0.2) is 5.76 Å². The summed E-state index contributed by atoms with van der Waals surface area (Å²) in [4.78, 5) is 29.1. The van der Waals surface area contributed by atoms with Crippen LogP contribution in [0.1, 0.15) is 49.9 Å². The molecule has 42 heavy (non-hydrogen) atoms. The van der Waals surface area contributed by atoms with Gasteiger partial charge < -0.3 is 20.2 Å². The first-order valence-electron chi connectivity index (χ1n) is 12.5. The Morgan fingerprint density at radius 3 is 2.57 bits per heavy atom. The van der Waals surface area contributed by atoms with Gasteiger partial charge in [-0.15, -0.1) is 11.3 Å². The highest BCUT2D eigenvalue weighted by Crippen LogP contribution is 2.44. The Labute approximate surface area is 246 Å². The largest absolute Gasteiger partial charge is 0.485 e. The summed E-state index contributed by atoms with van der Waals surface area (Å²) in [6.45, 7) is 5.81. The zero-order valence-corrected chi connectivity index (χ0v) is 24.0. The number of aromatic nitrogens is 3. The van der Waals surface area contributed by atoms with Gasteiger partial charge in [0.25, 0.3) is 11.8 Å². The Balaban J connectivity index is 1.53. The Bertz CT molecular complexity index is 1840. The van der Waals surface area contributed by atoms with Crippen molar-refractivity contribution in [3.05, 3.63) is 81.0 Å². The number of alkyl halides is 3. The number of fused-ring (bicyclic) bond motifs is 1. The molecule has 3 N–H and O–H groups in total. The molecule has 4 aromatic heterocycles. The highest BCUT2D eigenvalue weighted by molar-refractivity contribution is 7.21. The van der Waals surface area contributed by atoms with Gasteiger partial charge in [-0.2, -0.15) is 18.3 Å². The number of halogens is 4. The number of amides is 2. The number of nitrogens with zero attached hydrogens (tertiary/aromatic N) is 3. The van der Waals surface area contributed by atoms with Crippen molar-refractivity contribution in [2.45, 2.75) is 40.1 Å². The third-order valence-corrected chi connectivity index (χ3v) is 7.70. The van der Waals surface area contributed by atoms with Crippen LogP contribution in [0.3, 0.4) is 0 Å². The minimum Gasteiger partial charge on any atom is -0.485 e. The molecule has 0 spiro atoms. The number of aryl methyl sites for hydroxylation is 3. The number of ether oxygens (including phenoxy) is 1. The molecule has 5 aromatic rings. The fourth-order valence-electron chi connectivity index (χ4n) is 4.37. The Kier molecular flexibility index (Phi) is 7.73. The van der Waals surface area contributed by atoms with Gasteiger partial charge in [-0.05, 0) is 68.3 Å². The minimum atomic E-state index is -4.77. The highest BCUT2D eigenvalue weighted by Gasteiger charge is 2.35. The zero-order valence-electron chi connectivity index (χ0n) is 22.4. The highest BCUT2D eigenvalue weighted by atomic mass is 35.5. The van der Waals surface area contributed by atoms with Gasteiger partial charge in [0, 0.05) is 28.7 Å². The number of nitrogens with one attached hydrogen (secondary N) is 1. The number of furan rings is 1. The predicted molar refractivity (Wildman–Crippen MR) is 152 cm³/mol. The number of carbonyl (C=O) groups excluding carboxylic acids is 2. The van der Waals surface area contributed by atoms with Crippen molar-refractivity contribution in [3.8, 4) is 16.9 Å². The third kappa shape index (κ3) is 5.70. The molecule has 9 nitrogen and oxygen atoms in total. The van der Waals surface area contributed by atoms with Gasteiger partial charge >= 0.3 is 6.18 Å². The van der Waals surface area contributed by atoms with Crippen molar-refractivity contribution in [1.82, 2.24) is 14.8 Å². The number of primary amides is 1. The first-order chi connectivity index (χ1) is 19.8. The Hall–Kier alpha value is -4.36. The van der Waals surface area contributed by atoms with Crippen LogP contribution in [0.4, 0.5) is 18.9 Å². The monoisotopic (exact) mass is 617 g/mol. The second-order valence-electron chi connectivity index (χ2n) is 9.31. The van der Waals surface area contributed by atoms with E-state index in [-0.39, 0.29) is 38.7 Å². The molecular weight excluding hydrogens is 595 g/mol. The molecular formula is C28H23ClF3N5O4S. The lowest BCUT2D eigenvalue weighted by molar-refractivity contribution is -0.140. The molecule has 0 bridgehead atoms. The molecule has 2 amide bonds. The summed E-state index contributed by atoms with van der Waals surface area (Å²) in [5.74, 6) is -0.900. The van der Waals surface area contributed by atoms with Crippen LogP contribution in [0.2, 0.25) is 5.02 Å². The number of nitrogens with two attached hydrogens (primary N) is 1. The maximum Gasteiger partial charge on any atom is 0.433 e. The standard InChI is InChI=1S/C28H23ClF3N5O4S/c1-4-37-11-18(14(3)36-37)17-10-21(28(30,31)32)34-27-22(17)23(24(42-27)25(33)38)35-26(39)20-8-6-16(41-20)12-40-19-7-5-15(29)9-13(19)2/h5-11H,4,12H2,1-3H3,(H2,33,38)(H,35,39). The van der Waals surface area contributed by atoms with Crippen LogP contribution >= 0.6 is 22.9 Å². The molecule has 0 aliphatic carbocycles. The van der Waals surface area contributed by atoms with E-state index in [2.05, 4.69) is 15.4 Å². The summed E-state index contributed by atoms with van der Waals surface area (Å²) in [5.41, 5.74) is 6.10. The van der Waals surface area contributed by atoms with Crippen LogP contribution in [-0.2, 0) is 19.3 Å². The molecule has 218 valence electrons. The van der Waals surface area contributed by atoms with Crippen LogP contribution in [0.5, 0.6) is 5.75 Å². The number of rotatable bonds is 8. The van der Waals surface area contributed by atoms with E-state index in [4.69, 9.17) is 26.5 Å². The van der Waals surface area contributed by atoms with Crippen LogP contribution in [0, 0.1) is 13.8 Å². The van der Waals surface area contributed by atoms with E-state index >= 15 is 0 Å². The van der Waals surface area contributed by atoms with Crippen LogP contribution in [-0.4, -0.2) is 26.6 Å². The van der Waals surface area contributed by atoms with Gasteiger partial charge in [-0.3, -0.25) is 14.3 Å². The summed E-state index contributed by atoms with van der Waals surface area (Å²) in [6, 6.07) is 8.98. The van der Waals surface area contributed by atoms with Gasteiger partial charge in [0.05, 0.1) is 11.4 Å². The summed E-state index contributed by atoms with van der Waals surface area (Å²) >= 11 is 6.63. The molecule has 0 saturated carbocycles. The predicted octanol–water partition coefficient (Wildman–Crippen LogP) is 6.99. The quantitative estimate of drug-likeness (QED) is 0.193. The van der Waals surface area contributed by atoms with Crippen molar-refractivity contribution in [2.75, 3.05) is 5.32 Å². The summed E-state index contributed by atoms with van der Waals surface area (Å²) in [5, 5.41) is 7.65. The van der Waals surface area contributed by atoms with E-state index in [9.17, 15) is 22.8 Å². The van der Waals surface area contributed by atoms with Crippen molar-refractivity contribution in [1.29, 1.82) is 0 Å². The van der Waals surface area contributed by atoms with E-state index in [1.54, 1.807) is 42.1 Å². The van der Waals surface area contributed by atoms with E-state index in [0.717, 1.165) is 11.6 Å². The molecule has 4 heterocycles. The van der Waals surface area contributed by atoms with Gasteiger partial charge in [0.1, 0.15) is 33.5 Å². The van der Waals surface area contributed by atoms with Crippen molar-refractivity contribution < 1.29 is 31.9 Å². The minimum absolute atomic E-state index is 0.0126. The number of benzene rings is 1. The smallest absolute Gasteiger partial charge is 0.433 e. The number of thiophene rings is 1. The number of hydrogen-bond acceptors (Lipinski definition) is 7. The first-order valence-corrected chi connectivity index (χ1v) is 13.7. The summed E-state index contributed by atoms with van der Waals surface area (Å²) in [6.07, 6.45) is -3.17. The van der Waals surface area contributed by atoms with Crippen molar-refractivity contribution >= 4 is 50.7 Å². The van der Waals surface area contributed by atoms with E-state index in [1.807, 2.05) is 13.8 Å². The normalized spacial score (nSPS) is 11.7. The molecule has 0 aliphatic rings. The Morgan fingerprint density at radius 2 is 1.93 bits per heavy atom. The summed E-state index contributed by atoms with van der Waals surface area (Å²) < 4.78 is 54.5. The average Bonchev–Trinajstić information content (AvgIpc) is 3.64. The number of carbonyl (C=O) groups is 2. The van der Waals surface area contributed by atoms with E-state index in [1.165, 1.54) is 6.07 Å². The lowest BCUT2D eigenvalue weighted by atomic mass is 10.0. The molecule has 14 heteroatoms. The van der Waals surface area contributed by atoms with Crippen LogP contribution in [0.15, 0.2) is 47.0 Å². The number of anilines is 1. The van der Waals surface area contributed by atoms with Crippen LogP contribution < -0.4 is 15.8 Å². The van der Waals surface area contributed by atoms with E-state index in [0.29, 0.717) is 45.7 Å². The molecule has 1 aromatic carbocycles. The molecule has 0 fully saturated rings. The molecule has 0 atom stereocenters. The zero-order chi connectivity index (χ0) is 30.3. The second-order valence-corrected chi connectivity index (χ2v) is 10.7. The lowest BCUT2D eigenvalue weighted by Gasteiger charge is -2.11. The third-order valence-electron chi connectivity index (χ3n) is 6.37. The average molecular weight is 618 g/mol. The second kappa shape index (κ2) is 11.1. The van der Waals surface area contributed by atoms with Gasteiger partial charge in [-0.1, -0.05) is 11.6 Å². The maximum atomic E-state index is 13.8. The van der Waals surface area contributed by atoms with E-state index < -0.39 is 23.7 Å². The number of hydrogen-bond donors (Lipinski definition) is 2. The van der Waals surface area contributed by atoms with Crippen LogP contribution in [0.25, 0.3) is 21.3 Å². The van der Waals surface area contributed by atoms with Crippen molar-refractivity contribution in [2.24, 2.45) is 5.73 Å². The molecule has 0 aliphatic heterocycles. The first kappa shape index (κ1) is 29.1. The van der Waals surface area contributed by atoms with Gasteiger partial charge in [-0.25, -0.2) is 4.98 Å². The Morgan fingerprint density at radius 1 is 1.17 bits per heavy atom. The fourth-order valence-corrected chi connectivity index (χ4v) is 5.60. The summed E-state index contributed by atoms with van der Waals surface area (Å²) in [7, 11) is 0. The molecule has 0 saturated heterocycles. The van der Waals surface area contributed by atoms with Gasteiger partial charge in [0.2, 0.25) is 0 Å². The maximum absolute atomic E-state index is 13.8. The molecule has 5 rings (SSSR count). The lowest BCUT2D eigenvalue weighted by Crippen LogP contribution is -2.16. The fraction of sp³-hybridized carbons (Fsp3) is 0.214. The molecule has 0 radical (unpaired) electrons. The number of pyridine rings is 1. The molecule has 0 unspecified atom stereocenters.